The molecule has 1 aliphatic heterocycles. The zero-order chi connectivity index (χ0) is 18.0. The second-order valence-corrected chi connectivity index (χ2v) is 8.78. The van der Waals surface area contributed by atoms with Crippen LogP contribution in [0.3, 0.4) is 0 Å². The summed E-state index contributed by atoms with van der Waals surface area (Å²) in [5.41, 5.74) is 0. The van der Waals surface area contributed by atoms with Crippen LogP contribution in [0.1, 0.15) is 12.2 Å². The van der Waals surface area contributed by atoms with Crippen LogP contribution in [0, 0.1) is 5.92 Å². The normalized spacial score (nSPS) is 20.2. The first-order valence-corrected chi connectivity index (χ1v) is 9.91. The van der Waals surface area contributed by atoms with Crippen LogP contribution in [0.2, 0.25) is 0 Å². The third kappa shape index (κ3) is 5.65. The molecule has 0 spiro atoms. The molecule has 0 unspecified atom stereocenters. The molecular weight excluding hydrogens is 369 g/mol. The van der Waals surface area contributed by atoms with E-state index in [2.05, 4.69) is 10.2 Å². The molecule has 2 heterocycles. The van der Waals surface area contributed by atoms with E-state index in [1.54, 1.807) is 16.9 Å². The Hall–Kier alpha value is -1.30. The van der Waals surface area contributed by atoms with E-state index in [0.29, 0.717) is 23.8 Å². The van der Waals surface area contributed by atoms with Crippen molar-refractivity contribution in [1.82, 2.24) is 20.1 Å². The van der Waals surface area contributed by atoms with E-state index in [0.717, 1.165) is 11.8 Å². The summed E-state index contributed by atoms with van der Waals surface area (Å²) in [6.07, 6.45) is -3.40. The lowest BCUT2D eigenvalue weighted by Crippen LogP contribution is -2.34. The van der Waals surface area contributed by atoms with Crippen LogP contribution in [0.5, 0.6) is 0 Å². The number of hydrogen-bond donors (Lipinski definition) is 1. The van der Waals surface area contributed by atoms with Gasteiger partial charge in [0.15, 0.2) is 15.0 Å². The molecule has 7 nitrogen and oxygen atoms in total. The minimum atomic E-state index is -4.44. The van der Waals surface area contributed by atoms with Crippen LogP contribution >= 0.6 is 11.8 Å². The van der Waals surface area contributed by atoms with E-state index < -0.39 is 28.5 Å². The Balaban J connectivity index is 1.85. The fourth-order valence-corrected chi connectivity index (χ4v) is 4.94. The highest BCUT2D eigenvalue weighted by Gasteiger charge is 2.30. The van der Waals surface area contributed by atoms with E-state index in [1.807, 2.05) is 0 Å². The molecule has 0 aromatic carbocycles. The first kappa shape index (κ1) is 19.0. The molecule has 24 heavy (non-hydrogen) atoms. The lowest BCUT2D eigenvalue weighted by Gasteiger charge is -2.09. The zero-order valence-electron chi connectivity index (χ0n) is 12.8. The first-order valence-electron chi connectivity index (χ1n) is 7.11. The maximum absolute atomic E-state index is 12.0. The smallest absolute Gasteiger partial charge is 0.346 e. The molecule has 1 aromatic heterocycles. The molecule has 2 rings (SSSR count). The summed E-state index contributed by atoms with van der Waals surface area (Å²) in [6.45, 7) is -1.37. The van der Waals surface area contributed by atoms with Crippen molar-refractivity contribution in [3.63, 3.8) is 0 Å². The topological polar surface area (TPSA) is 93.9 Å². The van der Waals surface area contributed by atoms with Gasteiger partial charge in [0, 0.05) is 13.5 Å². The fraction of sp³-hybridized carbons (Fsp3) is 0.750. The van der Waals surface area contributed by atoms with Crippen molar-refractivity contribution in [1.29, 1.82) is 0 Å². The molecule has 1 amide bonds. The average molecular weight is 386 g/mol. The number of nitrogens with zero attached hydrogens (tertiary/aromatic N) is 3. The van der Waals surface area contributed by atoms with Gasteiger partial charge in [-0.25, -0.2) is 8.42 Å². The number of alkyl halides is 3. The number of sulfone groups is 1. The molecule has 0 aliphatic carbocycles. The van der Waals surface area contributed by atoms with E-state index in [4.69, 9.17) is 0 Å². The Kier molecular flexibility index (Phi) is 5.78. The second kappa shape index (κ2) is 7.30. The summed E-state index contributed by atoms with van der Waals surface area (Å²) >= 11 is 0.976. The molecule has 0 radical (unpaired) electrons. The molecule has 0 bridgehead atoms. The maximum atomic E-state index is 12.0. The van der Waals surface area contributed by atoms with Crippen molar-refractivity contribution in [3.05, 3.63) is 5.82 Å². The number of thioether (sulfide) groups is 1. The first-order chi connectivity index (χ1) is 11.1. The Morgan fingerprint density at radius 1 is 1.42 bits per heavy atom. The lowest BCUT2D eigenvalue weighted by molar-refractivity contribution is -0.136. The van der Waals surface area contributed by atoms with E-state index in [-0.39, 0.29) is 23.2 Å². The molecular formula is C12H17F3N4O3S2. The van der Waals surface area contributed by atoms with Gasteiger partial charge in [-0.3, -0.25) is 4.79 Å². The van der Waals surface area contributed by atoms with Gasteiger partial charge in [0.05, 0.1) is 17.3 Å². The number of carbonyl (C=O) groups excluding carboxylic acids is 1. The van der Waals surface area contributed by atoms with Crippen LogP contribution in [0.4, 0.5) is 13.2 Å². The Morgan fingerprint density at radius 3 is 2.71 bits per heavy atom. The number of hydrogen-bond acceptors (Lipinski definition) is 6. The number of amides is 1. The monoisotopic (exact) mass is 386 g/mol. The van der Waals surface area contributed by atoms with Gasteiger partial charge in [0.1, 0.15) is 12.4 Å². The fourth-order valence-electron chi connectivity index (χ4n) is 2.32. The summed E-state index contributed by atoms with van der Waals surface area (Å²) in [5.74, 6) is -0.0664. The number of nitrogens with one attached hydrogen (secondary N) is 1. The maximum Gasteiger partial charge on any atom is 0.405 e. The predicted octanol–water partition coefficient (Wildman–Crippen LogP) is 0.563. The molecule has 1 aliphatic rings. The van der Waals surface area contributed by atoms with Crippen molar-refractivity contribution in [2.24, 2.45) is 13.0 Å². The highest BCUT2D eigenvalue weighted by atomic mass is 32.2. The van der Waals surface area contributed by atoms with Crippen LogP contribution in [0.15, 0.2) is 5.16 Å². The van der Waals surface area contributed by atoms with Gasteiger partial charge in [-0.2, -0.15) is 13.2 Å². The van der Waals surface area contributed by atoms with Gasteiger partial charge in [-0.05, 0) is 12.3 Å². The van der Waals surface area contributed by atoms with Gasteiger partial charge in [-0.1, -0.05) is 11.8 Å². The quantitative estimate of drug-likeness (QED) is 0.718. The highest BCUT2D eigenvalue weighted by Crippen LogP contribution is 2.23. The lowest BCUT2D eigenvalue weighted by atomic mass is 10.1. The minimum absolute atomic E-state index is 0.00849. The van der Waals surface area contributed by atoms with Crippen molar-refractivity contribution in [3.8, 4) is 0 Å². The highest BCUT2D eigenvalue weighted by molar-refractivity contribution is 7.99. The molecule has 1 fully saturated rings. The van der Waals surface area contributed by atoms with Crippen LogP contribution in [0.25, 0.3) is 0 Å². The zero-order valence-corrected chi connectivity index (χ0v) is 14.5. The third-order valence-electron chi connectivity index (χ3n) is 3.54. The Morgan fingerprint density at radius 2 is 2.12 bits per heavy atom. The number of halogens is 3. The summed E-state index contributed by atoms with van der Waals surface area (Å²) in [7, 11) is -1.29. The summed E-state index contributed by atoms with van der Waals surface area (Å²) in [6, 6.07) is 0. The van der Waals surface area contributed by atoms with Crippen molar-refractivity contribution in [2.75, 3.05) is 23.8 Å². The molecule has 1 saturated heterocycles. The molecule has 0 saturated carbocycles. The van der Waals surface area contributed by atoms with Gasteiger partial charge >= 0.3 is 6.18 Å². The summed E-state index contributed by atoms with van der Waals surface area (Å²) in [4.78, 5) is 11.4. The Labute approximate surface area is 141 Å². The van der Waals surface area contributed by atoms with Gasteiger partial charge in [-0.15, -0.1) is 10.2 Å². The number of aromatic nitrogens is 3. The molecule has 12 heteroatoms. The van der Waals surface area contributed by atoms with Crippen molar-refractivity contribution >= 4 is 27.5 Å². The second-order valence-electron chi connectivity index (χ2n) is 5.61. The van der Waals surface area contributed by atoms with Crippen LogP contribution in [-0.2, 0) is 28.1 Å². The predicted molar refractivity (Wildman–Crippen MR) is 81.3 cm³/mol. The van der Waals surface area contributed by atoms with E-state index in [1.165, 1.54) is 0 Å². The number of rotatable bonds is 6. The number of carbonyl (C=O) groups is 1. The largest absolute Gasteiger partial charge is 0.405 e. The third-order valence-corrected chi connectivity index (χ3v) is 6.40. The van der Waals surface area contributed by atoms with Crippen molar-refractivity contribution in [2.45, 2.75) is 24.2 Å². The minimum Gasteiger partial charge on any atom is -0.346 e. The average Bonchev–Trinajstić information content (AvgIpc) is 2.98. The molecule has 136 valence electrons. The van der Waals surface area contributed by atoms with Crippen LogP contribution < -0.4 is 5.32 Å². The van der Waals surface area contributed by atoms with E-state index >= 15 is 0 Å². The molecule has 1 N–H and O–H groups in total. The van der Waals surface area contributed by atoms with Gasteiger partial charge in [0.25, 0.3) is 0 Å². The SMILES string of the molecule is Cn1c(C[C@@H]2CCS(=O)(=O)C2)nnc1SCC(=O)NCC(F)(F)F. The molecule has 1 atom stereocenters. The van der Waals surface area contributed by atoms with Gasteiger partial charge < -0.3 is 9.88 Å². The van der Waals surface area contributed by atoms with Crippen LogP contribution in [-0.4, -0.2) is 59.1 Å². The summed E-state index contributed by atoms with van der Waals surface area (Å²) in [5, 5.41) is 10.0. The summed E-state index contributed by atoms with van der Waals surface area (Å²) < 4.78 is 60.6. The standard InChI is InChI=1S/C12H17F3N4O3S2/c1-19-9(4-8-2-3-24(21,22)6-8)17-18-11(19)23-5-10(20)16-7-12(13,14)15/h8H,2-7H2,1H3,(H,16,20)/t8-/m0/s1. The van der Waals surface area contributed by atoms with E-state index in [9.17, 15) is 26.4 Å². The van der Waals surface area contributed by atoms with Crippen molar-refractivity contribution < 1.29 is 26.4 Å². The molecule has 1 aromatic rings. The van der Waals surface area contributed by atoms with Gasteiger partial charge in [0.2, 0.25) is 5.91 Å². The Bertz CT molecular complexity index is 703.